The Morgan fingerprint density at radius 3 is 2.40 bits per heavy atom. The van der Waals surface area contributed by atoms with E-state index < -0.39 is 0 Å². The van der Waals surface area contributed by atoms with E-state index in [0.717, 1.165) is 11.3 Å². The van der Waals surface area contributed by atoms with Crippen LogP contribution >= 0.6 is 34.5 Å². The Labute approximate surface area is 160 Å². The lowest BCUT2D eigenvalue weighted by Crippen LogP contribution is -2.12. The molecular weight excluding hydrogens is 375 g/mol. The van der Waals surface area contributed by atoms with Gasteiger partial charge in [0.2, 0.25) is 0 Å². The SMILES string of the molecule is Cc1cc(C)c(-c2csc(NC(=O)c3ccc(Cl)cc3Cl)n2)c(C)c1. The number of hydrogen-bond acceptors (Lipinski definition) is 3. The maximum Gasteiger partial charge on any atom is 0.258 e. The van der Waals surface area contributed by atoms with Crippen LogP contribution in [0.3, 0.4) is 0 Å². The van der Waals surface area contributed by atoms with Crippen molar-refractivity contribution in [1.29, 1.82) is 0 Å². The molecule has 0 radical (unpaired) electrons. The van der Waals surface area contributed by atoms with Crippen molar-refractivity contribution in [3.05, 3.63) is 68.0 Å². The molecule has 0 unspecified atom stereocenters. The fraction of sp³-hybridized carbons (Fsp3) is 0.158. The third-order valence-electron chi connectivity index (χ3n) is 3.83. The second kappa shape index (κ2) is 7.16. The number of carbonyl (C=O) groups is 1. The van der Waals surface area contributed by atoms with Gasteiger partial charge in [-0.25, -0.2) is 4.98 Å². The lowest BCUT2D eigenvalue weighted by molar-refractivity contribution is 0.102. The molecule has 0 saturated heterocycles. The molecule has 2 aromatic carbocycles. The zero-order chi connectivity index (χ0) is 18.1. The van der Waals surface area contributed by atoms with Gasteiger partial charge in [0.1, 0.15) is 0 Å². The maximum atomic E-state index is 12.4. The highest BCUT2D eigenvalue weighted by atomic mass is 35.5. The minimum absolute atomic E-state index is 0.306. The van der Waals surface area contributed by atoms with E-state index in [4.69, 9.17) is 23.2 Å². The Balaban J connectivity index is 1.86. The van der Waals surface area contributed by atoms with Crippen LogP contribution in [0.2, 0.25) is 10.0 Å². The molecule has 1 N–H and O–H groups in total. The van der Waals surface area contributed by atoms with E-state index in [1.54, 1.807) is 18.2 Å². The molecule has 25 heavy (non-hydrogen) atoms. The van der Waals surface area contributed by atoms with Crippen molar-refractivity contribution >= 4 is 45.6 Å². The molecule has 0 atom stereocenters. The highest BCUT2D eigenvalue weighted by molar-refractivity contribution is 7.14. The van der Waals surface area contributed by atoms with Gasteiger partial charge in [-0.3, -0.25) is 10.1 Å². The standard InChI is InChI=1S/C19H16Cl2N2OS/c1-10-6-11(2)17(12(3)7-10)16-9-25-19(22-16)23-18(24)14-5-4-13(20)8-15(14)21/h4-9H,1-3H3,(H,22,23,24). The van der Waals surface area contributed by atoms with Crippen LogP contribution in [0.25, 0.3) is 11.3 Å². The number of hydrogen-bond donors (Lipinski definition) is 1. The monoisotopic (exact) mass is 390 g/mol. The number of thiazole rings is 1. The molecule has 128 valence electrons. The van der Waals surface area contributed by atoms with E-state index in [9.17, 15) is 4.79 Å². The number of amides is 1. The highest BCUT2D eigenvalue weighted by Gasteiger charge is 2.15. The summed E-state index contributed by atoms with van der Waals surface area (Å²) in [5.41, 5.74) is 5.89. The van der Waals surface area contributed by atoms with Crippen LogP contribution in [0.1, 0.15) is 27.0 Å². The molecule has 0 saturated carbocycles. The Hall–Kier alpha value is -1.88. The van der Waals surface area contributed by atoms with Gasteiger partial charge in [0, 0.05) is 16.0 Å². The van der Waals surface area contributed by atoms with Crippen LogP contribution in [0.4, 0.5) is 5.13 Å². The summed E-state index contributed by atoms with van der Waals surface area (Å²) >= 11 is 13.3. The summed E-state index contributed by atoms with van der Waals surface area (Å²) < 4.78 is 0. The number of benzene rings is 2. The molecule has 0 aliphatic heterocycles. The molecule has 0 aliphatic rings. The smallest absolute Gasteiger partial charge is 0.258 e. The molecule has 3 rings (SSSR count). The molecule has 6 heteroatoms. The van der Waals surface area contributed by atoms with Crippen molar-refractivity contribution in [2.75, 3.05) is 5.32 Å². The zero-order valence-electron chi connectivity index (χ0n) is 14.0. The molecule has 1 heterocycles. The number of aryl methyl sites for hydroxylation is 3. The molecule has 0 spiro atoms. The Bertz CT molecular complexity index is 943. The summed E-state index contributed by atoms with van der Waals surface area (Å²) in [5, 5.41) is 6.08. The van der Waals surface area contributed by atoms with Gasteiger partial charge in [0.15, 0.2) is 5.13 Å². The second-order valence-corrected chi connectivity index (χ2v) is 7.59. The van der Waals surface area contributed by atoms with Gasteiger partial charge < -0.3 is 0 Å². The Morgan fingerprint density at radius 1 is 1.08 bits per heavy atom. The van der Waals surface area contributed by atoms with Crippen LogP contribution in [0, 0.1) is 20.8 Å². The molecular formula is C19H16Cl2N2OS. The average molecular weight is 391 g/mol. The number of anilines is 1. The molecule has 3 aromatic rings. The lowest BCUT2D eigenvalue weighted by atomic mass is 9.98. The Morgan fingerprint density at radius 2 is 1.76 bits per heavy atom. The second-order valence-electron chi connectivity index (χ2n) is 5.89. The van der Waals surface area contributed by atoms with Gasteiger partial charge >= 0.3 is 0 Å². The van der Waals surface area contributed by atoms with E-state index >= 15 is 0 Å². The van der Waals surface area contributed by atoms with Crippen molar-refractivity contribution < 1.29 is 4.79 Å². The van der Waals surface area contributed by atoms with Gasteiger partial charge in [-0.2, -0.15) is 0 Å². The van der Waals surface area contributed by atoms with Crippen molar-refractivity contribution in [3.63, 3.8) is 0 Å². The summed E-state index contributed by atoms with van der Waals surface area (Å²) in [6.07, 6.45) is 0. The third kappa shape index (κ3) is 3.87. The topological polar surface area (TPSA) is 42.0 Å². The number of nitrogens with zero attached hydrogens (tertiary/aromatic N) is 1. The van der Waals surface area contributed by atoms with E-state index in [0.29, 0.717) is 20.7 Å². The predicted molar refractivity (Wildman–Crippen MR) is 106 cm³/mol. The number of nitrogens with one attached hydrogen (secondary N) is 1. The van der Waals surface area contributed by atoms with Crippen molar-refractivity contribution in [2.45, 2.75) is 20.8 Å². The maximum absolute atomic E-state index is 12.4. The summed E-state index contributed by atoms with van der Waals surface area (Å²) in [5.74, 6) is -0.306. The van der Waals surface area contributed by atoms with Gasteiger partial charge in [-0.15, -0.1) is 11.3 Å². The molecule has 0 aliphatic carbocycles. The van der Waals surface area contributed by atoms with E-state index in [-0.39, 0.29) is 5.91 Å². The largest absolute Gasteiger partial charge is 0.298 e. The van der Waals surface area contributed by atoms with Crippen LogP contribution in [0.15, 0.2) is 35.7 Å². The van der Waals surface area contributed by atoms with Crippen LogP contribution in [-0.4, -0.2) is 10.9 Å². The third-order valence-corrected chi connectivity index (χ3v) is 5.14. The van der Waals surface area contributed by atoms with Gasteiger partial charge in [-0.05, 0) is 50.1 Å². The van der Waals surface area contributed by atoms with Gasteiger partial charge in [0.05, 0.1) is 16.3 Å². The minimum atomic E-state index is -0.306. The summed E-state index contributed by atoms with van der Waals surface area (Å²) in [6.45, 7) is 6.22. The van der Waals surface area contributed by atoms with E-state index in [2.05, 4.69) is 43.2 Å². The zero-order valence-corrected chi connectivity index (χ0v) is 16.3. The Kier molecular flexibility index (Phi) is 5.13. The summed E-state index contributed by atoms with van der Waals surface area (Å²) in [7, 11) is 0. The molecule has 1 aromatic heterocycles. The van der Waals surface area contributed by atoms with Crippen LogP contribution in [0.5, 0.6) is 0 Å². The lowest BCUT2D eigenvalue weighted by Gasteiger charge is -2.09. The fourth-order valence-corrected chi connectivity index (χ4v) is 4.06. The van der Waals surface area contributed by atoms with Gasteiger partial charge in [0.25, 0.3) is 5.91 Å². The predicted octanol–water partition coefficient (Wildman–Crippen LogP) is 6.29. The van der Waals surface area contributed by atoms with Crippen molar-refractivity contribution in [3.8, 4) is 11.3 Å². The van der Waals surface area contributed by atoms with E-state index in [1.807, 2.05) is 5.38 Å². The van der Waals surface area contributed by atoms with Crippen LogP contribution < -0.4 is 5.32 Å². The molecule has 0 fully saturated rings. The number of halogens is 2. The van der Waals surface area contributed by atoms with Crippen molar-refractivity contribution in [2.24, 2.45) is 0 Å². The number of rotatable bonds is 3. The quantitative estimate of drug-likeness (QED) is 0.570. The van der Waals surface area contributed by atoms with Crippen LogP contribution in [-0.2, 0) is 0 Å². The first-order valence-electron chi connectivity index (χ1n) is 7.65. The molecule has 1 amide bonds. The first kappa shape index (κ1) is 17.9. The summed E-state index contributed by atoms with van der Waals surface area (Å²) in [4.78, 5) is 17.0. The molecule has 0 bridgehead atoms. The highest BCUT2D eigenvalue weighted by Crippen LogP contribution is 2.31. The van der Waals surface area contributed by atoms with Crippen molar-refractivity contribution in [1.82, 2.24) is 4.98 Å². The summed E-state index contributed by atoms with van der Waals surface area (Å²) in [6, 6.07) is 9.04. The first-order valence-corrected chi connectivity index (χ1v) is 9.29. The van der Waals surface area contributed by atoms with Gasteiger partial charge in [-0.1, -0.05) is 40.9 Å². The minimum Gasteiger partial charge on any atom is -0.298 e. The first-order chi connectivity index (χ1) is 11.8. The fourth-order valence-electron chi connectivity index (χ4n) is 2.87. The number of carbonyl (C=O) groups excluding carboxylic acids is 1. The average Bonchev–Trinajstić information content (AvgIpc) is 2.94. The number of aromatic nitrogens is 1. The molecule has 3 nitrogen and oxygen atoms in total. The van der Waals surface area contributed by atoms with E-state index in [1.165, 1.54) is 28.0 Å². The normalized spacial score (nSPS) is 10.8.